The first-order valence-corrected chi connectivity index (χ1v) is 5.88. The van der Waals surface area contributed by atoms with Crippen molar-refractivity contribution in [3.05, 3.63) is 18.1 Å². The van der Waals surface area contributed by atoms with Gasteiger partial charge in [0.1, 0.15) is 23.8 Å². The van der Waals surface area contributed by atoms with Gasteiger partial charge in [0.25, 0.3) is 0 Å². The molecule has 0 aliphatic carbocycles. The molecule has 90 valence electrons. The van der Waals surface area contributed by atoms with Gasteiger partial charge < -0.3 is 10.6 Å². The van der Waals surface area contributed by atoms with E-state index in [1.54, 1.807) is 0 Å². The summed E-state index contributed by atoms with van der Waals surface area (Å²) in [4.78, 5) is 7.94. The van der Waals surface area contributed by atoms with Crippen molar-refractivity contribution >= 4 is 5.82 Å². The van der Waals surface area contributed by atoms with Crippen LogP contribution < -0.4 is 10.6 Å². The van der Waals surface area contributed by atoms with Crippen LogP contribution >= 0.6 is 0 Å². The minimum absolute atomic E-state index is 0.232. The third-order valence-corrected chi connectivity index (χ3v) is 3.20. The van der Waals surface area contributed by atoms with Gasteiger partial charge in [-0.25, -0.2) is 9.97 Å². The van der Waals surface area contributed by atoms with Crippen LogP contribution in [0.2, 0.25) is 0 Å². The van der Waals surface area contributed by atoms with Crippen molar-refractivity contribution in [1.29, 1.82) is 5.26 Å². The van der Waals surface area contributed by atoms with Gasteiger partial charge in [-0.05, 0) is 24.8 Å². The molecule has 1 aliphatic heterocycles. The lowest BCUT2D eigenvalue weighted by atomic mass is 9.83. The SMILES string of the molecule is CC1(CNc2ncncc2C#N)CCCNC1. The third-order valence-electron chi connectivity index (χ3n) is 3.20. The molecule has 1 aliphatic rings. The Labute approximate surface area is 101 Å². The maximum Gasteiger partial charge on any atom is 0.147 e. The molecule has 5 nitrogen and oxygen atoms in total. The summed E-state index contributed by atoms with van der Waals surface area (Å²) in [6.07, 6.45) is 5.40. The highest BCUT2D eigenvalue weighted by Crippen LogP contribution is 2.25. The minimum Gasteiger partial charge on any atom is -0.368 e. The number of anilines is 1. The second-order valence-corrected chi connectivity index (χ2v) is 4.84. The fourth-order valence-electron chi connectivity index (χ4n) is 2.12. The first-order valence-electron chi connectivity index (χ1n) is 5.88. The molecule has 0 aromatic carbocycles. The van der Waals surface area contributed by atoms with Gasteiger partial charge in [0.05, 0.1) is 6.20 Å². The molecule has 5 heteroatoms. The summed E-state index contributed by atoms with van der Waals surface area (Å²) in [5.74, 6) is 0.634. The molecule has 2 heterocycles. The molecule has 0 saturated carbocycles. The number of hydrogen-bond donors (Lipinski definition) is 2. The standard InChI is InChI=1S/C12H17N5/c1-12(3-2-4-14-7-12)8-16-11-10(5-13)6-15-9-17-11/h6,9,14H,2-4,7-8H2,1H3,(H,15,16,17). The van der Waals surface area contributed by atoms with Gasteiger partial charge in [-0.2, -0.15) is 5.26 Å². The highest BCUT2D eigenvalue weighted by Gasteiger charge is 2.26. The predicted molar refractivity (Wildman–Crippen MR) is 65.4 cm³/mol. The van der Waals surface area contributed by atoms with E-state index in [2.05, 4.69) is 33.6 Å². The molecule has 1 unspecified atom stereocenters. The van der Waals surface area contributed by atoms with E-state index in [4.69, 9.17) is 5.26 Å². The largest absolute Gasteiger partial charge is 0.368 e. The van der Waals surface area contributed by atoms with Gasteiger partial charge >= 0.3 is 0 Å². The molecule has 0 spiro atoms. The normalized spacial score (nSPS) is 24.0. The van der Waals surface area contributed by atoms with Crippen molar-refractivity contribution < 1.29 is 0 Å². The highest BCUT2D eigenvalue weighted by molar-refractivity contribution is 5.49. The number of nitrogens with one attached hydrogen (secondary N) is 2. The lowest BCUT2D eigenvalue weighted by molar-refractivity contribution is 0.253. The summed E-state index contributed by atoms with van der Waals surface area (Å²) < 4.78 is 0. The molecule has 1 atom stereocenters. The number of nitriles is 1. The van der Waals surface area contributed by atoms with E-state index in [0.717, 1.165) is 19.6 Å². The lowest BCUT2D eigenvalue weighted by Gasteiger charge is -2.34. The maximum atomic E-state index is 8.94. The van der Waals surface area contributed by atoms with Crippen LogP contribution in [0.4, 0.5) is 5.82 Å². The predicted octanol–water partition coefficient (Wildman–Crippen LogP) is 1.15. The zero-order valence-corrected chi connectivity index (χ0v) is 10.0. The van der Waals surface area contributed by atoms with Crippen molar-refractivity contribution in [1.82, 2.24) is 15.3 Å². The Morgan fingerprint density at radius 3 is 3.24 bits per heavy atom. The topological polar surface area (TPSA) is 73.6 Å². The summed E-state index contributed by atoms with van der Waals surface area (Å²) in [7, 11) is 0. The van der Waals surface area contributed by atoms with Crippen molar-refractivity contribution in [2.45, 2.75) is 19.8 Å². The van der Waals surface area contributed by atoms with Gasteiger partial charge in [-0.1, -0.05) is 6.92 Å². The summed E-state index contributed by atoms with van der Waals surface area (Å²) in [6, 6.07) is 2.09. The van der Waals surface area contributed by atoms with Gasteiger partial charge in [-0.15, -0.1) is 0 Å². The fraction of sp³-hybridized carbons (Fsp3) is 0.583. The number of piperidine rings is 1. The molecule has 1 aromatic rings. The Morgan fingerprint density at radius 2 is 2.53 bits per heavy atom. The third kappa shape index (κ3) is 2.92. The zero-order chi connectivity index (χ0) is 12.1. The molecule has 2 rings (SSSR count). The number of hydrogen-bond acceptors (Lipinski definition) is 5. The van der Waals surface area contributed by atoms with Gasteiger partial charge in [-0.3, -0.25) is 0 Å². The van der Waals surface area contributed by atoms with Crippen molar-refractivity contribution in [3.63, 3.8) is 0 Å². The van der Waals surface area contributed by atoms with Crippen LogP contribution in [0.5, 0.6) is 0 Å². The first kappa shape index (κ1) is 11.8. The molecule has 0 radical (unpaired) electrons. The van der Waals surface area contributed by atoms with E-state index in [1.165, 1.54) is 25.4 Å². The molecule has 0 bridgehead atoms. The smallest absolute Gasteiger partial charge is 0.147 e. The van der Waals surface area contributed by atoms with Crippen LogP contribution in [0.3, 0.4) is 0 Å². The molecular formula is C12H17N5. The Balaban J connectivity index is 2.00. The van der Waals surface area contributed by atoms with E-state index in [9.17, 15) is 0 Å². The number of rotatable bonds is 3. The molecule has 0 amide bonds. The van der Waals surface area contributed by atoms with Crippen molar-refractivity contribution in [2.24, 2.45) is 5.41 Å². The molecule has 1 fully saturated rings. The quantitative estimate of drug-likeness (QED) is 0.816. The molecule has 1 saturated heterocycles. The monoisotopic (exact) mass is 231 g/mol. The second kappa shape index (κ2) is 5.11. The Morgan fingerprint density at radius 1 is 1.65 bits per heavy atom. The second-order valence-electron chi connectivity index (χ2n) is 4.84. The highest BCUT2D eigenvalue weighted by atomic mass is 15.0. The Bertz CT molecular complexity index is 417. The van der Waals surface area contributed by atoms with Crippen LogP contribution in [-0.2, 0) is 0 Å². The van der Waals surface area contributed by atoms with Crippen LogP contribution in [0.25, 0.3) is 0 Å². The molecular weight excluding hydrogens is 214 g/mol. The van der Waals surface area contributed by atoms with Crippen molar-refractivity contribution in [3.8, 4) is 6.07 Å². The first-order chi connectivity index (χ1) is 8.23. The number of nitrogens with zero attached hydrogens (tertiary/aromatic N) is 3. The fourth-order valence-corrected chi connectivity index (χ4v) is 2.12. The summed E-state index contributed by atoms with van der Waals surface area (Å²) >= 11 is 0. The Kier molecular flexibility index (Phi) is 3.55. The Hall–Kier alpha value is -1.67. The van der Waals surface area contributed by atoms with E-state index in [-0.39, 0.29) is 5.41 Å². The average Bonchev–Trinajstić information content (AvgIpc) is 2.38. The van der Waals surface area contributed by atoms with E-state index in [1.807, 2.05) is 0 Å². The van der Waals surface area contributed by atoms with Gasteiger partial charge in [0.2, 0.25) is 0 Å². The zero-order valence-electron chi connectivity index (χ0n) is 10.0. The minimum atomic E-state index is 0.232. The molecule has 2 N–H and O–H groups in total. The lowest BCUT2D eigenvalue weighted by Crippen LogP contribution is -2.42. The van der Waals surface area contributed by atoms with Gasteiger partial charge in [0.15, 0.2) is 0 Å². The van der Waals surface area contributed by atoms with Crippen LogP contribution in [0, 0.1) is 16.7 Å². The number of aromatic nitrogens is 2. The molecule has 17 heavy (non-hydrogen) atoms. The van der Waals surface area contributed by atoms with Crippen LogP contribution in [-0.4, -0.2) is 29.6 Å². The maximum absolute atomic E-state index is 8.94. The summed E-state index contributed by atoms with van der Waals surface area (Å²) in [6.45, 7) is 5.19. The summed E-state index contributed by atoms with van der Waals surface area (Å²) in [5, 5.41) is 15.6. The van der Waals surface area contributed by atoms with E-state index >= 15 is 0 Å². The van der Waals surface area contributed by atoms with E-state index < -0.39 is 0 Å². The van der Waals surface area contributed by atoms with E-state index in [0.29, 0.717) is 11.4 Å². The van der Waals surface area contributed by atoms with Gasteiger partial charge in [0, 0.05) is 13.1 Å². The molecule has 1 aromatic heterocycles. The average molecular weight is 231 g/mol. The summed E-state index contributed by atoms with van der Waals surface area (Å²) in [5.41, 5.74) is 0.732. The van der Waals surface area contributed by atoms with Crippen LogP contribution in [0.15, 0.2) is 12.5 Å². The van der Waals surface area contributed by atoms with Crippen LogP contribution in [0.1, 0.15) is 25.3 Å². The van der Waals surface area contributed by atoms with Crippen molar-refractivity contribution in [2.75, 3.05) is 25.0 Å².